The van der Waals surface area contributed by atoms with Crippen molar-refractivity contribution >= 4 is 17.5 Å². The number of nitrogen functional groups attached to an aromatic ring is 1. The summed E-state index contributed by atoms with van der Waals surface area (Å²) in [6.07, 6.45) is 0.528. The first-order valence-corrected chi connectivity index (χ1v) is 7.01. The average Bonchev–Trinajstić information content (AvgIpc) is 2.85. The van der Waals surface area contributed by atoms with Crippen LogP contribution in [0.3, 0.4) is 0 Å². The van der Waals surface area contributed by atoms with E-state index < -0.39 is 5.91 Å². The molecule has 1 aromatic rings. The monoisotopic (exact) mass is 291 g/mol. The van der Waals surface area contributed by atoms with E-state index >= 15 is 0 Å². The molecule has 2 rings (SSSR count). The zero-order valence-electron chi connectivity index (χ0n) is 12.1. The van der Waals surface area contributed by atoms with E-state index in [2.05, 4.69) is 0 Å². The van der Waals surface area contributed by atoms with Gasteiger partial charge in [0.15, 0.2) is 0 Å². The van der Waals surface area contributed by atoms with E-state index in [9.17, 15) is 9.59 Å². The lowest BCUT2D eigenvalue weighted by molar-refractivity contribution is -0.140. The molecular weight excluding hydrogens is 270 g/mol. The van der Waals surface area contributed by atoms with Crippen LogP contribution in [0.1, 0.15) is 18.9 Å². The standard InChI is InChI=1S/C15H21N3O3/c1-10-12(6-7-21-10)15(20)18(9-14(17)19)8-11-4-2-3-5-13(11)16/h2-5,10,12H,6-9,16H2,1H3,(H2,17,19). The first-order valence-electron chi connectivity index (χ1n) is 7.01. The van der Waals surface area contributed by atoms with E-state index in [0.29, 0.717) is 18.7 Å². The Morgan fingerprint density at radius 2 is 2.10 bits per heavy atom. The molecular formula is C15H21N3O3. The number of nitrogens with zero attached hydrogens (tertiary/aromatic N) is 1. The lowest BCUT2D eigenvalue weighted by atomic mass is 10.0. The summed E-state index contributed by atoms with van der Waals surface area (Å²) in [5.41, 5.74) is 12.6. The zero-order chi connectivity index (χ0) is 15.4. The minimum atomic E-state index is -0.538. The van der Waals surface area contributed by atoms with Crippen molar-refractivity contribution in [3.05, 3.63) is 29.8 Å². The van der Waals surface area contributed by atoms with Crippen LogP contribution in [0, 0.1) is 5.92 Å². The first-order chi connectivity index (χ1) is 9.99. The van der Waals surface area contributed by atoms with Gasteiger partial charge in [-0.2, -0.15) is 0 Å². The SMILES string of the molecule is CC1OCCC1C(=O)N(CC(N)=O)Cc1ccccc1N. The molecule has 4 N–H and O–H groups in total. The van der Waals surface area contributed by atoms with Gasteiger partial charge in [-0.15, -0.1) is 0 Å². The van der Waals surface area contributed by atoms with Gasteiger partial charge in [0.25, 0.3) is 0 Å². The summed E-state index contributed by atoms with van der Waals surface area (Å²) >= 11 is 0. The molecule has 1 aliphatic heterocycles. The lowest BCUT2D eigenvalue weighted by Crippen LogP contribution is -2.43. The van der Waals surface area contributed by atoms with Gasteiger partial charge in [0.2, 0.25) is 11.8 Å². The van der Waals surface area contributed by atoms with Crippen molar-refractivity contribution in [3.8, 4) is 0 Å². The third kappa shape index (κ3) is 3.72. The van der Waals surface area contributed by atoms with Crippen molar-refractivity contribution in [1.82, 2.24) is 4.90 Å². The normalized spacial score (nSPS) is 21.2. The molecule has 21 heavy (non-hydrogen) atoms. The van der Waals surface area contributed by atoms with E-state index in [0.717, 1.165) is 5.56 Å². The molecule has 1 aromatic carbocycles. The number of hydrogen-bond acceptors (Lipinski definition) is 4. The number of hydrogen-bond donors (Lipinski definition) is 2. The summed E-state index contributed by atoms with van der Waals surface area (Å²) in [4.78, 5) is 25.3. The van der Waals surface area contributed by atoms with Crippen LogP contribution < -0.4 is 11.5 Å². The Morgan fingerprint density at radius 3 is 2.67 bits per heavy atom. The first kappa shape index (κ1) is 15.3. The van der Waals surface area contributed by atoms with Gasteiger partial charge in [-0.05, 0) is 25.0 Å². The maximum Gasteiger partial charge on any atom is 0.237 e. The second-order valence-electron chi connectivity index (χ2n) is 5.33. The van der Waals surface area contributed by atoms with Gasteiger partial charge in [0.1, 0.15) is 0 Å². The molecule has 0 saturated carbocycles. The zero-order valence-corrected chi connectivity index (χ0v) is 12.1. The third-order valence-corrected chi connectivity index (χ3v) is 3.77. The molecule has 1 fully saturated rings. The van der Waals surface area contributed by atoms with Crippen molar-refractivity contribution in [1.29, 1.82) is 0 Å². The van der Waals surface area contributed by atoms with Crippen molar-refractivity contribution < 1.29 is 14.3 Å². The number of primary amides is 1. The molecule has 0 spiro atoms. The highest BCUT2D eigenvalue weighted by molar-refractivity contribution is 5.85. The molecule has 2 atom stereocenters. The fraction of sp³-hybridized carbons (Fsp3) is 0.467. The molecule has 0 aromatic heterocycles. The summed E-state index contributed by atoms with van der Waals surface area (Å²) in [6.45, 7) is 2.60. The fourth-order valence-electron chi connectivity index (χ4n) is 2.57. The van der Waals surface area contributed by atoms with Crippen molar-refractivity contribution in [2.45, 2.75) is 26.0 Å². The molecule has 1 saturated heterocycles. The largest absolute Gasteiger partial charge is 0.398 e. The quantitative estimate of drug-likeness (QED) is 0.772. The van der Waals surface area contributed by atoms with Gasteiger partial charge in [-0.25, -0.2) is 0 Å². The summed E-state index contributed by atoms with van der Waals surface area (Å²) in [5.74, 6) is -0.874. The number of carbonyl (C=O) groups excluding carboxylic acids is 2. The molecule has 6 heteroatoms. The van der Waals surface area contributed by atoms with E-state index in [-0.39, 0.29) is 31.0 Å². The highest BCUT2D eigenvalue weighted by Crippen LogP contribution is 2.24. The van der Waals surface area contributed by atoms with Crippen LogP contribution in [0.4, 0.5) is 5.69 Å². The predicted octanol–water partition coefficient (Wildman–Crippen LogP) is 0.508. The summed E-state index contributed by atoms with van der Waals surface area (Å²) in [7, 11) is 0. The van der Waals surface area contributed by atoms with Crippen LogP contribution in [0.2, 0.25) is 0 Å². The molecule has 2 unspecified atom stereocenters. The second kappa shape index (κ2) is 6.58. The Hall–Kier alpha value is -2.08. The van der Waals surface area contributed by atoms with E-state index in [4.69, 9.17) is 16.2 Å². The fourth-order valence-corrected chi connectivity index (χ4v) is 2.57. The Kier molecular flexibility index (Phi) is 4.80. The van der Waals surface area contributed by atoms with Crippen LogP contribution in [-0.4, -0.2) is 36.0 Å². The lowest BCUT2D eigenvalue weighted by Gasteiger charge is -2.26. The van der Waals surface area contributed by atoms with Crippen LogP contribution >= 0.6 is 0 Å². The molecule has 0 radical (unpaired) electrons. The number of rotatable bonds is 5. The third-order valence-electron chi connectivity index (χ3n) is 3.77. The van der Waals surface area contributed by atoms with E-state index in [1.807, 2.05) is 25.1 Å². The molecule has 1 heterocycles. The molecule has 1 aliphatic rings. The van der Waals surface area contributed by atoms with E-state index in [1.165, 1.54) is 4.90 Å². The van der Waals surface area contributed by atoms with Gasteiger partial charge < -0.3 is 21.1 Å². The van der Waals surface area contributed by atoms with Gasteiger partial charge in [-0.1, -0.05) is 18.2 Å². The number of benzene rings is 1. The molecule has 0 aliphatic carbocycles. The highest BCUT2D eigenvalue weighted by atomic mass is 16.5. The van der Waals surface area contributed by atoms with Gasteiger partial charge >= 0.3 is 0 Å². The maximum absolute atomic E-state index is 12.6. The maximum atomic E-state index is 12.6. The number of ether oxygens (including phenoxy) is 1. The molecule has 114 valence electrons. The number of para-hydroxylation sites is 1. The van der Waals surface area contributed by atoms with Crippen LogP contribution in [0.25, 0.3) is 0 Å². The highest BCUT2D eigenvalue weighted by Gasteiger charge is 2.34. The molecule has 0 bridgehead atoms. The number of amides is 2. The molecule has 6 nitrogen and oxygen atoms in total. The Balaban J connectivity index is 2.16. The van der Waals surface area contributed by atoms with E-state index in [1.54, 1.807) is 6.07 Å². The number of carbonyl (C=O) groups is 2. The summed E-state index contributed by atoms with van der Waals surface area (Å²) < 4.78 is 5.43. The number of nitrogens with two attached hydrogens (primary N) is 2. The van der Waals surface area contributed by atoms with Crippen LogP contribution in [-0.2, 0) is 20.9 Å². The summed E-state index contributed by atoms with van der Waals surface area (Å²) in [5, 5.41) is 0. The molecule has 2 amide bonds. The predicted molar refractivity (Wildman–Crippen MR) is 79.0 cm³/mol. The minimum Gasteiger partial charge on any atom is -0.398 e. The smallest absolute Gasteiger partial charge is 0.237 e. The number of anilines is 1. The van der Waals surface area contributed by atoms with Crippen molar-refractivity contribution in [2.24, 2.45) is 11.7 Å². The van der Waals surface area contributed by atoms with Gasteiger partial charge in [0, 0.05) is 18.8 Å². The minimum absolute atomic E-state index is 0.109. The van der Waals surface area contributed by atoms with Gasteiger partial charge in [-0.3, -0.25) is 9.59 Å². The Morgan fingerprint density at radius 1 is 1.38 bits per heavy atom. The Labute approximate surface area is 124 Å². The Bertz CT molecular complexity index is 533. The van der Waals surface area contributed by atoms with Crippen molar-refractivity contribution in [2.75, 3.05) is 18.9 Å². The average molecular weight is 291 g/mol. The van der Waals surface area contributed by atoms with Crippen molar-refractivity contribution in [3.63, 3.8) is 0 Å². The van der Waals surface area contributed by atoms with Gasteiger partial charge in [0.05, 0.1) is 18.6 Å². The van der Waals surface area contributed by atoms with Crippen LogP contribution in [0.5, 0.6) is 0 Å². The van der Waals surface area contributed by atoms with Crippen LogP contribution in [0.15, 0.2) is 24.3 Å². The second-order valence-corrected chi connectivity index (χ2v) is 5.33. The summed E-state index contributed by atoms with van der Waals surface area (Å²) in [6, 6.07) is 7.28. The topological polar surface area (TPSA) is 98.6 Å².